The van der Waals surface area contributed by atoms with Gasteiger partial charge in [0.1, 0.15) is 0 Å². The third-order valence-electron chi connectivity index (χ3n) is 3.92. The van der Waals surface area contributed by atoms with Crippen molar-refractivity contribution in [3.63, 3.8) is 0 Å². The topological polar surface area (TPSA) is 9.23 Å². The Morgan fingerprint density at radius 2 is 1.69 bits per heavy atom. The Balaban J connectivity index is 1.69. The highest BCUT2D eigenvalue weighted by Crippen LogP contribution is 2.37. The van der Waals surface area contributed by atoms with Crippen LogP contribution in [0.2, 0.25) is 0 Å². The van der Waals surface area contributed by atoms with Crippen LogP contribution in [-0.4, -0.2) is 13.2 Å². The molecule has 76 valence electrons. The summed E-state index contributed by atoms with van der Waals surface area (Å²) in [5.41, 5.74) is 0. The second-order valence-corrected chi connectivity index (χ2v) is 4.87. The summed E-state index contributed by atoms with van der Waals surface area (Å²) in [7, 11) is 0. The molecule has 0 aromatic carbocycles. The van der Waals surface area contributed by atoms with Gasteiger partial charge in [-0.3, -0.25) is 0 Å². The minimum absolute atomic E-state index is 0.933. The maximum absolute atomic E-state index is 5.26. The molecular weight excluding hydrogens is 160 g/mol. The van der Waals surface area contributed by atoms with Gasteiger partial charge in [-0.25, -0.2) is 0 Å². The van der Waals surface area contributed by atoms with Crippen molar-refractivity contribution in [3.8, 4) is 0 Å². The fourth-order valence-corrected chi connectivity index (χ4v) is 2.88. The van der Waals surface area contributed by atoms with Crippen molar-refractivity contribution in [1.82, 2.24) is 0 Å². The molecule has 0 bridgehead atoms. The maximum Gasteiger partial charge on any atom is 0.0519 e. The van der Waals surface area contributed by atoms with Crippen LogP contribution in [0.4, 0.5) is 0 Å². The van der Waals surface area contributed by atoms with Gasteiger partial charge >= 0.3 is 0 Å². The highest BCUT2D eigenvalue weighted by Gasteiger charge is 2.31. The Morgan fingerprint density at radius 3 is 2.15 bits per heavy atom. The molecule has 0 spiro atoms. The summed E-state index contributed by atoms with van der Waals surface area (Å²) in [6.45, 7) is 4.43. The standard InChI is InChI=1S/C12H22O/c1-2-3-10-4-6-11(7-5-10)12-8-13-9-12/h10-12H,2-9H2,1H3. The van der Waals surface area contributed by atoms with Gasteiger partial charge in [-0.05, 0) is 24.7 Å². The van der Waals surface area contributed by atoms with E-state index in [9.17, 15) is 0 Å². The first-order valence-corrected chi connectivity index (χ1v) is 5.98. The summed E-state index contributed by atoms with van der Waals surface area (Å²) < 4.78 is 5.26. The van der Waals surface area contributed by atoms with Gasteiger partial charge < -0.3 is 4.74 Å². The van der Waals surface area contributed by atoms with Crippen LogP contribution in [0.15, 0.2) is 0 Å². The molecule has 0 N–H and O–H groups in total. The van der Waals surface area contributed by atoms with Gasteiger partial charge in [-0.1, -0.05) is 32.6 Å². The Morgan fingerprint density at radius 1 is 1.00 bits per heavy atom. The third kappa shape index (κ3) is 2.25. The van der Waals surface area contributed by atoms with E-state index in [2.05, 4.69) is 6.92 Å². The molecule has 1 saturated carbocycles. The second kappa shape index (κ2) is 4.45. The molecule has 13 heavy (non-hydrogen) atoms. The highest BCUT2D eigenvalue weighted by molar-refractivity contribution is 4.80. The number of ether oxygens (including phenoxy) is 1. The van der Waals surface area contributed by atoms with Crippen molar-refractivity contribution in [2.45, 2.75) is 45.4 Å². The van der Waals surface area contributed by atoms with E-state index in [1.54, 1.807) is 0 Å². The quantitative estimate of drug-likeness (QED) is 0.651. The first kappa shape index (κ1) is 9.51. The predicted octanol–water partition coefficient (Wildman–Crippen LogP) is 3.24. The average Bonchev–Trinajstić information content (AvgIpc) is 2.06. The number of hydrogen-bond donors (Lipinski definition) is 0. The smallest absolute Gasteiger partial charge is 0.0519 e. The summed E-state index contributed by atoms with van der Waals surface area (Å²) in [5.74, 6) is 3.01. The molecule has 0 unspecified atom stereocenters. The lowest BCUT2D eigenvalue weighted by Crippen LogP contribution is -2.36. The predicted molar refractivity (Wildman–Crippen MR) is 54.7 cm³/mol. The van der Waals surface area contributed by atoms with Crippen LogP contribution >= 0.6 is 0 Å². The highest BCUT2D eigenvalue weighted by atomic mass is 16.5. The summed E-state index contributed by atoms with van der Waals surface area (Å²) in [6, 6.07) is 0. The molecular formula is C12H22O. The lowest BCUT2D eigenvalue weighted by molar-refractivity contribution is -0.0703. The summed E-state index contributed by atoms with van der Waals surface area (Å²) >= 11 is 0. The van der Waals surface area contributed by atoms with Gasteiger partial charge in [0.15, 0.2) is 0 Å². The Kier molecular flexibility index (Phi) is 3.26. The zero-order chi connectivity index (χ0) is 9.10. The fraction of sp³-hybridized carbons (Fsp3) is 1.00. The van der Waals surface area contributed by atoms with Crippen molar-refractivity contribution in [2.24, 2.45) is 17.8 Å². The van der Waals surface area contributed by atoms with Crippen molar-refractivity contribution < 1.29 is 4.74 Å². The van der Waals surface area contributed by atoms with E-state index < -0.39 is 0 Å². The average molecular weight is 182 g/mol. The van der Waals surface area contributed by atoms with Crippen LogP contribution in [0.3, 0.4) is 0 Å². The van der Waals surface area contributed by atoms with Crippen molar-refractivity contribution in [1.29, 1.82) is 0 Å². The lowest BCUT2D eigenvalue weighted by Gasteiger charge is -2.38. The molecule has 2 rings (SSSR count). The Labute approximate surface area is 81.9 Å². The molecule has 1 aliphatic carbocycles. The zero-order valence-electron chi connectivity index (χ0n) is 8.80. The van der Waals surface area contributed by atoms with Gasteiger partial charge in [0.2, 0.25) is 0 Å². The van der Waals surface area contributed by atoms with E-state index in [-0.39, 0.29) is 0 Å². The molecule has 0 aromatic heterocycles. The molecule has 1 nitrogen and oxygen atoms in total. The summed E-state index contributed by atoms with van der Waals surface area (Å²) in [5, 5.41) is 0. The molecule has 1 heterocycles. The molecule has 2 aliphatic rings. The van der Waals surface area contributed by atoms with E-state index in [0.717, 1.165) is 31.0 Å². The summed E-state index contributed by atoms with van der Waals surface area (Å²) in [4.78, 5) is 0. The van der Waals surface area contributed by atoms with E-state index in [1.165, 1.54) is 38.5 Å². The van der Waals surface area contributed by atoms with Crippen LogP contribution in [0, 0.1) is 17.8 Å². The summed E-state index contributed by atoms with van der Waals surface area (Å²) in [6.07, 6.45) is 8.80. The van der Waals surface area contributed by atoms with Crippen molar-refractivity contribution >= 4 is 0 Å². The van der Waals surface area contributed by atoms with Crippen molar-refractivity contribution in [2.75, 3.05) is 13.2 Å². The largest absolute Gasteiger partial charge is 0.381 e. The van der Waals surface area contributed by atoms with Crippen LogP contribution in [0.25, 0.3) is 0 Å². The molecule has 0 aromatic rings. The monoisotopic (exact) mass is 182 g/mol. The van der Waals surface area contributed by atoms with Gasteiger partial charge in [0.05, 0.1) is 13.2 Å². The van der Waals surface area contributed by atoms with Gasteiger partial charge in [-0.2, -0.15) is 0 Å². The van der Waals surface area contributed by atoms with Crippen LogP contribution < -0.4 is 0 Å². The number of rotatable bonds is 3. The van der Waals surface area contributed by atoms with E-state index in [1.807, 2.05) is 0 Å². The Hall–Kier alpha value is -0.0400. The third-order valence-corrected chi connectivity index (χ3v) is 3.92. The minimum atomic E-state index is 0.933. The number of hydrogen-bond acceptors (Lipinski definition) is 1. The Bertz CT molecular complexity index is 143. The molecule has 2 fully saturated rings. The fourth-order valence-electron chi connectivity index (χ4n) is 2.88. The van der Waals surface area contributed by atoms with Crippen LogP contribution in [-0.2, 0) is 4.74 Å². The molecule has 1 heteroatoms. The lowest BCUT2D eigenvalue weighted by atomic mass is 9.74. The van der Waals surface area contributed by atoms with Gasteiger partial charge in [0.25, 0.3) is 0 Å². The SMILES string of the molecule is CCCC1CCC(C2COC2)CC1. The zero-order valence-corrected chi connectivity index (χ0v) is 8.80. The maximum atomic E-state index is 5.26. The minimum Gasteiger partial charge on any atom is -0.381 e. The second-order valence-electron chi connectivity index (χ2n) is 4.87. The molecule has 0 amide bonds. The van der Waals surface area contributed by atoms with Gasteiger partial charge in [-0.15, -0.1) is 0 Å². The van der Waals surface area contributed by atoms with E-state index in [0.29, 0.717) is 0 Å². The van der Waals surface area contributed by atoms with Crippen LogP contribution in [0.1, 0.15) is 45.4 Å². The van der Waals surface area contributed by atoms with Crippen LogP contribution in [0.5, 0.6) is 0 Å². The normalized spacial score (nSPS) is 35.8. The molecule has 0 atom stereocenters. The first-order chi connectivity index (χ1) is 6.40. The van der Waals surface area contributed by atoms with E-state index in [4.69, 9.17) is 4.74 Å². The molecule has 1 aliphatic heterocycles. The van der Waals surface area contributed by atoms with E-state index >= 15 is 0 Å². The van der Waals surface area contributed by atoms with Gasteiger partial charge in [0, 0.05) is 5.92 Å². The first-order valence-electron chi connectivity index (χ1n) is 5.98. The molecule has 0 radical (unpaired) electrons. The van der Waals surface area contributed by atoms with Crippen molar-refractivity contribution in [3.05, 3.63) is 0 Å². The molecule has 1 saturated heterocycles.